The van der Waals surface area contributed by atoms with Crippen LogP contribution in [-0.2, 0) is 14.3 Å². The molecule has 0 saturated heterocycles. The van der Waals surface area contributed by atoms with Crippen LogP contribution in [0.15, 0.2) is 36.4 Å². The zero-order chi connectivity index (χ0) is 25.9. The van der Waals surface area contributed by atoms with Crippen LogP contribution in [-0.4, -0.2) is 41.0 Å². The predicted molar refractivity (Wildman–Crippen MR) is 138 cm³/mol. The number of benzene rings is 2. The number of hydrogen-bond acceptors (Lipinski definition) is 4. The second kappa shape index (κ2) is 10.7. The first-order valence-electron chi connectivity index (χ1n) is 11.8. The van der Waals surface area contributed by atoms with Crippen LogP contribution in [0.3, 0.4) is 0 Å². The average molecular weight is 500 g/mol. The van der Waals surface area contributed by atoms with Crippen molar-refractivity contribution in [2.75, 3.05) is 11.9 Å². The number of amides is 3. The lowest BCUT2D eigenvalue weighted by Gasteiger charge is -2.33. The largest absolute Gasteiger partial charge is 0.444 e. The van der Waals surface area contributed by atoms with Crippen molar-refractivity contribution in [1.82, 2.24) is 10.2 Å². The highest BCUT2D eigenvalue weighted by atomic mass is 35.5. The van der Waals surface area contributed by atoms with Gasteiger partial charge in [0.2, 0.25) is 5.91 Å². The zero-order valence-corrected chi connectivity index (χ0v) is 22.0. The zero-order valence-electron chi connectivity index (χ0n) is 21.2. The summed E-state index contributed by atoms with van der Waals surface area (Å²) in [6.45, 7) is 10.7. The molecule has 1 aliphatic rings. The average Bonchev–Trinajstić information content (AvgIpc) is 3.58. The molecule has 1 aliphatic carbocycles. The number of aryl methyl sites for hydroxylation is 3. The van der Waals surface area contributed by atoms with E-state index in [2.05, 4.69) is 10.6 Å². The summed E-state index contributed by atoms with van der Waals surface area (Å²) in [6.07, 6.45) is 0.900. The van der Waals surface area contributed by atoms with Gasteiger partial charge in [0.1, 0.15) is 18.2 Å². The number of rotatable bonds is 7. The van der Waals surface area contributed by atoms with E-state index < -0.39 is 17.7 Å². The lowest BCUT2D eigenvalue weighted by Crippen LogP contribution is -2.47. The molecule has 1 saturated carbocycles. The highest BCUT2D eigenvalue weighted by Gasteiger charge is 2.42. The molecule has 0 aliphatic heterocycles. The first kappa shape index (κ1) is 26.5. The van der Waals surface area contributed by atoms with Crippen LogP contribution < -0.4 is 10.6 Å². The van der Waals surface area contributed by atoms with E-state index in [1.807, 2.05) is 51.1 Å². The molecule has 0 heterocycles. The number of halogens is 1. The van der Waals surface area contributed by atoms with E-state index in [0.29, 0.717) is 10.7 Å². The van der Waals surface area contributed by atoms with Gasteiger partial charge >= 0.3 is 6.09 Å². The Hall–Kier alpha value is -3.06. The van der Waals surface area contributed by atoms with E-state index in [1.165, 1.54) is 0 Å². The van der Waals surface area contributed by atoms with Crippen molar-refractivity contribution in [3.05, 3.63) is 63.7 Å². The number of anilines is 1. The summed E-state index contributed by atoms with van der Waals surface area (Å²) < 4.78 is 5.26. The molecule has 188 valence electrons. The van der Waals surface area contributed by atoms with Gasteiger partial charge in [0.15, 0.2) is 0 Å². The molecule has 35 heavy (non-hydrogen) atoms. The van der Waals surface area contributed by atoms with Gasteiger partial charge in [-0.05, 0) is 77.1 Å². The second-order valence-electron chi connectivity index (χ2n) is 10.1. The van der Waals surface area contributed by atoms with Crippen LogP contribution in [0.5, 0.6) is 0 Å². The van der Waals surface area contributed by atoms with Crippen molar-refractivity contribution in [2.24, 2.45) is 0 Å². The lowest BCUT2D eigenvalue weighted by molar-refractivity contribution is -0.139. The van der Waals surface area contributed by atoms with Gasteiger partial charge in [0.25, 0.3) is 5.91 Å². The minimum absolute atomic E-state index is 0.0917. The monoisotopic (exact) mass is 499 g/mol. The number of carbonyl (C=O) groups is 3. The Labute approximate surface area is 212 Å². The summed E-state index contributed by atoms with van der Waals surface area (Å²) in [7, 11) is 0. The quantitative estimate of drug-likeness (QED) is 0.529. The van der Waals surface area contributed by atoms with Crippen molar-refractivity contribution in [3.63, 3.8) is 0 Å². The molecule has 0 spiro atoms. The fourth-order valence-corrected chi connectivity index (χ4v) is 4.19. The number of hydrogen-bond donors (Lipinski definition) is 2. The lowest BCUT2D eigenvalue weighted by atomic mass is 9.96. The van der Waals surface area contributed by atoms with Gasteiger partial charge < -0.3 is 20.3 Å². The van der Waals surface area contributed by atoms with Crippen LogP contribution in [0.2, 0.25) is 5.02 Å². The Kier molecular flexibility index (Phi) is 8.11. The van der Waals surface area contributed by atoms with Gasteiger partial charge in [-0.2, -0.15) is 0 Å². The molecule has 7 nitrogen and oxygen atoms in total. The van der Waals surface area contributed by atoms with Gasteiger partial charge in [-0.15, -0.1) is 0 Å². The summed E-state index contributed by atoms with van der Waals surface area (Å²) in [5.74, 6) is -0.706. The number of para-hydroxylation sites is 1. The van der Waals surface area contributed by atoms with Crippen LogP contribution in [0.1, 0.15) is 61.9 Å². The highest BCUT2D eigenvalue weighted by molar-refractivity contribution is 6.34. The van der Waals surface area contributed by atoms with Crippen LogP contribution in [0.4, 0.5) is 10.5 Å². The molecular formula is C27H34ClN3O4. The molecule has 8 heteroatoms. The van der Waals surface area contributed by atoms with E-state index >= 15 is 0 Å². The van der Waals surface area contributed by atoms with Crippen molar-refractivity contribution in [2.45, 2.75) is 72.1 Å². The SMILES string of the molecule is Cc1ccc(C)c(C(C(=O)Nc2c(C)cccc2Cl)N(C(=O)CNC(=O)OC(C)(C)C)C2CC2)c1. The fraction of sp³-hybridized carbons (Fsp3) is 0.444. The van der Waals surface area contributed by atoms with Gasteiger partial charge in [0.05, 0.1) is 10.7 Å². The summed E-state index contributed by atoms with van der Waals surface area (Å²) in [5.41, 5.74) is 3.27. The van der Waals surface area contributed by atoms with Crippen molar-refractivity contribution in [1.29, 1.82) is 0 Å². The smallest absolute Gasteiger partial charge is 0.408 e. The van der Waals surface area contributed by atoms with E-state index in [1.54, 1.807) is 31.7 Å². The molecule has 2 N–H and O–H groups in total. The first-order valence-corrected chi connectivity index (χ1v) is 12.2. The molecule has 0 radical (unpaired) electrons. The maximum Gasteiger partial charge on any atom is 0.408 e. The molecule has 1 fully saturated rings. The third kappa shape index (κ3) is 6.98. The summed E-state index contributed by atoms with van der Waals surface area (Å²) in [6, 6.07) is 10.3. The normalized spacial score (nSPS) is 14.1. The molecule has 0 aromatic heterocycles. The van der Waals surface area contributed by atoms with Crippen LogP contribution in [0, 0.1) is 20.8 Å². The highest BCUT2D eigenvalue weighted by Crippen LogP contribution is 2.37. The van der Waals surface area contributed by atoms with Crippen LogP contribution in [0.25, 0.3) is 0 Å². The number of ether oxygens (including phenoxy) is 1. The maximum absolute atomic E-state index is 13.8. The minimum atomic E-state index is -0.883. The number of alkyl carbamates (subject to hydrolysis) is 1. The standard InChI is InChI=1S/C27H34ClN3O4/c1-16-10-11-17(2)20(14-16)24(25(33)30-23-18(3)8-7-9-21(23)28)31(19-12-13-19)22(32)15-29-26(34)35-27(4,5)6/h7-11,14,19,24H,12-13,15H2,1-6H3,(H,29,34)(H,30,33). The Balaban J connectivity index is 1.94. The molecule has 3 amide bonds. The third-order valence-corrected chi connectivity index (χ3v) is 6.05. The molecule has 1 atom stereocenters. The molecule has 2 aromatic rings. The minimum Gasteiger partial charge on any atom is -0.444 e. The molecular weight excluding hydrogens is 466 g/mol. The van der Waals surface area contributed by atoms with E-state index in [9.17, 15) is 14.4 Å². The van der Waals surface area contributed by atoms with Crippen LogP contribution >= 0.6 is 11.6 Å². The first-order chi connectivity index (χ1) is 16.4. The van der Waals surface area contributed by atoms with E-state index in [0.717, 1.165) is 35.1 Å². The second-order valence-corrected chi connectivity index (χ2v) is 10.5. The summed E-state index contributed by atoms with van der Waals surface area (Å²) in [5, 5.41) is 5.92. The molecule has 1 unspecified atom stereocenters. The fourth-order valence-electron chi connectivity index (χ4n) is 3.92. The molecule has 2 aromatic carbocycles. The number of carbonyl (C=O) groups excluding carboxylic acids is 3. The summed E-state index contributed by atoms with van der Waals surface area (Å²) in [4.78, 5) is 41.0. The Morgan fingerprint density at radius 3 is 2.37 bits per heavy atom. The Bertz CT molecular complexity index is 1100. The van der Waals surface area contributed by atoms with Gasteiger partial charge in [-0.25, -0.2) is 4.79 Å². The number of nitrogens with one attached hydrogen (secondary N) is 2. The topological polar surface area (TPSA) is 87.7 Å². The number of nitrogens with zero attached hydrogens (tertiary/aromatic N) is 1. The van der Waals surface area contributed by atoms with Gasteiger partial charge in [-0.1, -0.05) is 47.5 Å². The van der Waals surface area contributed by atoms with Crippen molar-refractivity contribution < 1.29 is 19.1 Å². The van der Waals surface area contributed by atoms with Crippen molar-refractivity contribution >= 4 is 35.2 Å². The summed E-state index contributed by atoms with van der Waals surface area (Å²) >= 11 is 6.38. The van der Waals surface area contributed by atoms with Gasteiger partial charge in [0, 0.05) is 6.04 Å². The molecule has 0 bridgehead atoms. The molecule has 3 rings (SSSR count). The van der Waals surface area contributed by atoms with E-state index in [-0.39, 0.29) is 24.4 Å². The predicted octanol–water partition coefficient (Wildman–Crippen LogP) is 5.46. The Morgan fingerprint density at radius 2 is 1.77 bits per heavy atom. The van der Waals surface area contributed by atoms with Gasteiger partial charge in [-0.3, -0.25) is 9.59 Å². The van der Waals surface area contributed by atoms with Crippen molar-refractivity contribution in [3.8, 4) is 0 Å². The third-order valence-electron chi connectivity index (χ3n) is 5.74. The maximum atomic E-state index is 13.8. The van der Waals surface area contributed by atoms with E-state index in [4.69, 9.17) is 16.3 Å². The Morgan fingerprint density at radius 1 is 1.09 bits per heavy atom.